The Morgan fingerprint density at radius 1 is 0.692 bits per heavy atom. The predicted molar refractivity (Wildman–Crippen MR) is 100 cm³/mol. The fourth-order valence-electron chi connectivity index (χ4n) is 3.62. The van der Waals surface area contributed by atoms with Crippen LogP contribution in [-0.2, 0) is 14.1 Å². The maximum absolute atomic E-state index is 4.51. The highest BCUT2D eigenvalue weighted by Crippen LogP contribution is 2.20. The topological polar surface area (TPSA) is 30.5 Å². The number of hydrogen-bond donors (Lipinski definition) is 0. The van der Waals surface area contributed by atoms with Crippen LogP contribution in [0.3, 0.4) is 0 Å². The van der Waals surface area contributed by atoms with Crippen LogP contribution in [0.1, 0.15) is 0 Å². The summed E-state index contributed by atoms with van der Waals surface area (Å²) in [5, 5.41) is 0. The number of fused-ring (bicyclic) bond motifs is 2. The van der Waals surface area contributed by atoms with Crippen molar-refractivity contribution in [1.82, 2.24) is 14.1 Å². The van der Waals surface area contributed by atoms with Crippen LogP contribution < -0.4 is 9.13 Å². The van der Waals surface area contributed by atoms with Crippen molar-refractivity contribution >= 4 is 22.1 Å². The molecule has 0 atom stereocenters. The number of pyridine rings is 1. The first-order valence-corrected chi connectivity index (χ1v) is 8.59. The number of para-hydroxylation sites is 4. The second-order valence-electron chi connectivity index (χ2n) is 6.57. The molecule has 0 spiro atoms. The molecule has 5 aromatic rings. The molecule has 0 radical (unpaired) electrons. The summed E-state index contributed by atoms with van der Waals surface area (Å²) >= 11 is 0. The van der Waals surface area contributed by atoms with Crippen LogP contribution in [0.25, 0.3) is 33.4 Å². The lowest BCUT2D eigenvalue weighted by atomic mass is 10.3. The molecule has 5 nitrogen and oxygen atoms in total. The zero-order chi connectivity index (χ0) is 17.7. The van der Waals surface area contributed by atoms with Gasteiger partial charge in [0.1, 0.15) is 0 Å². The number of rotatable bonds is 2. The summed E-state index contributed by atoms with van der Waals surface area (Å²) in [6.07, 6.45) is 8.00. The first kappa shape index (κ1) is 14.8. The van der Waals surface area contributed by atoms with Gasteiger partial charge in [0, 0.05) is 6.07 Å². The van der Waals surface area contributed by atoms with Gasteiger partial charge in [0.05, 0.1) is 26.5 Å². The summed E-state index contributed by atoms with van der Waals surface area (Å²) in [4.78, 5) is 4.51. The molecular formula is C21H19N5+2. The molecule has 5 rings (SSSR count). The zero-order valence-electron chi connectivity index (χ0n) is 14.7. The second kappa shape index (κ2) is 5.52. The third-order valence-corrected chi connectivity index (χ3v) is 4.89. The maximum atomic E-state index is 4.51. The molecule has 0 saturated heterocycles. The Kier molecular flexibility index (Phi) is 3.15. The van der Waals surface area contributed by atoms with E-state index in [0.717, 1.165) is 22.4 Å². The Morgan fingerprint density at radius 3 is 1.65 bits per heavy atom. The fraction of sp³-hybridized carbons (Fsp3) is 0.0952. The van der Waals surface area contributed by atoms with E-state index in [0.29, 0.717) is 0 Å². The van der Waals surface area contributed by atoms with Crippen molar-refractivity contribution in [3.05, 3.63) is 79.6 Å². The lowest BCUT2D eigenvalue weighted by molar-refractivity contribution is -0.645. The third kappa shape index (κ3) is 2.14. The van der Waals surface area contributed by atoms with Crippen molar-refractivity contribution in [3.63, 3.8) is 0 Å². The molecule has 26 heavy (non-hydrogen) atoms. The van der Waals surface area contributed by atoms with Gasteiger partial charge in [0.15, 0.2) is 33.4 Å². The normalized spacial score (nSPS) is 11.5. The minimum absolute atomic E-state index is 1.04. The van der Waals surface area contributed by atoms with Crippen LogP contribution in [0.4, 0.5) is 0 Å². The van der Waals surface area contributed by atoms with E-state index >= 15 is 0 Å². The summed E-state index contributed by atoms with van der Waals surface area (Å²) in [5.41, 5.74) is 6.79. The van der Waals surface area contributed by atoms with E-state index < -0.39 is 0 Å². The Morgan fingerprint density at radius 2 is 1.15 bits per heavy atom. The minimum Gasteiger partial charge on any atom is -0.256 e. The maximum Gasteiger partial charge on any atom is 0.249 e. The number of benzene rings is 2. The van der Waals surface area contributed by atoms with Gasteiger partial charge in [-0.15, -0.1) is 0 Å². The largest absolute Gasteiger partial charge is 0.256 e. The SMILES string of the molecule is C[n+]1cn(-c2cncc(-n3c[n+](C)c4ccccc43)c2)c2ccccc21. The van der Waals surface area contributed by atoms with Gasteiger partial charge >= 0.3 is 0 Å². The summed E-state index contributed by atoms with van der Waals surface area (Å²) in [7, 11) is 4.13. The lowest BCUT2D eigenvalue weighted by Crippen LogP contribution is -2.25. The summed E-state index contributed by atoms with van der Waals surface area (Å²) in [6, 6.07) is 18.9. The Hall–Kier alpha value is -3.47. The first-order chi connectivity index (χ1) is 12.7. The zero-order valence-corrected chi connectivity index (χ0v) is 14.7. The van der Waals surface area contributed by atoms with Crippen LogP contribution in [0.2, 0.25) is 0 Å². The van der Waals surface area contributed by atoms with Crippen molar-refractivity contribution in [2.24, 2.45) is 14.1 Å². The second-order valence-corrected chi connectivity index (χ2v) is 6.57. The van der Waals surface area contributed by atoms with Gasteiger partial charge in [-0.1, -0.05) is 24.3 Å². The van der Waals surface area contributed by atoms with Crippen molar-refractivity contribution in [1.29, 1.82) is 0 Å². The molecule has 0 saturated carbocycles. The van der Waals surface area contributed by atoms with Gasteiger partial charge in [-0.25, -0.2) is 9.13 Å². The highest BCUT2D eigenvalue weighted by Gasteiger charge is 2.19. The standard InChI is InChI=1S/C21H19N5/c1-23-14-25(20-9-5-3-7-18(20)23)16-11-17(13-22-12-16)26-15-24(2)19-8-4-6-10-21(19)26/h3-15H,1-2H3/q+2. The molecule has 0 aliphatic heterocycles. The lowest BCUT2D eigenvalue weighted by Gasteiger charge is -2.00. The molecule has 126 valence electrons. The smallest absolute Gasteiger partial charge is 0.249 e. The molecular weight excluding hydrogens is 322 g/mol. The summed E-state index contributed by atoms with van der Waals surface area (Å²) in [6.45, 7) is 0. The molecule has 2 aromatic carbocycles. The van der Waals surface area contributed by atoms with E-state index in [-0.39, 0.29) is 0 Å². The van der Waals surface area contributed by atoms with Gasteiger partial charge in [0.2, 0.25) is 12.7 Å². The molecule has 0 fully saturated rings. The Bertz CT molecular complexity index is 1170. The van der Waals surface area contributed by atoms with E-state index in [4.69, 9.17) is 0 Å². The van der Waals surface area contributed by atoms with Crippen LogP contribution in [0.15, 0.2) is 79.6 Å². The van der Waals surface area contributed by atoms with Gasteiger partial charge < -0.3 is 0 Å². The molecule has 0 amide bonds. The fourth-order valence-corrected chi connectivity index (χ4v) is 3.62. The monoisotopic (exact) mass is 341 g/mol. The van der Waals surface area contributed by atoms with E-state index in [1.54, 1.807) is 0 Å². The molecule has 3 heterocycles. The highest BCUT2D eigenvalue weighted by atomic mass is 15.1. The quantitative estimate of drug-likeness (QED) is 0.454. The molecule has 0 N–H and O–H groups in total. The van der Waals surface area contributed by atoms with E-state index in [2.05, 4.69) is 105 Å². The third-order valence-electron chi connectivity index (χ3n) is 4.89. The molecule has 0 aliphatic rings. The van der Waals surface area contributed by atoms with E-state index in [1.165, 1.54) is 11.0 Å². The predicted octanol–water partition coefficient (Wildman–Crippen LogP) is 2.62. The molecule has 5 heteroatoms. The molecule has 3 aromatic heterocycles. The van der Waals surface area contributed by atoms with Gasteiger partial charge in [-0.05, 0) is 24.3 Å². The first-order valence-electron chi connectivity index (χ1n) is 8.59. The van der Waals surface area contributed by atoms with Gasteiger partial charge in [0.25, 0.3) is 0 Å². The van der Waals surface area contributed by atoms with Crippen LogP contribution >= 0.6 is 0 Å². The van der Waals surface area contributed by atoms with Crippen LogP contribution in [-0.4, -0.2) is 14.1 Å². The number of aryl methyl sites for hydroxylation is 2. The van der Waals surface area contributed by atoms with E-state index in [9.17, 15) is 0 Å². The van der Waals surface area contributed by atoms with Crippen molar-refractivity contribution < 1.29 is 9.13 Å². The van der Waals surface area contributed by atoms with Gasteiger partial charge in [-0.2, -0.15) is 9.13 Å². The molecule has 0 bridgehead atoms. The summed E-state index contributed by atoms with van der Waals surface area (Å²) in [5.74, 6) is 0. The van der Waals surface area contributed by atoms with Crippen LogP contribution in [0.5, 0.6) is 0 Å². The van der Waals surface area contributed by atoms with Crippen molar-refractivity contribution in [2.75, 3.05) is 0 Å². The summed E-state index contributed by atoms with van der Waals surface area (Å²) < 4.78 is 8.62. The average Bonchev–Trinajstić information content (AvgIpc) is 3.20. The van der Waals surface area contributed by atoms with Gasteiger partial charge in [-0.3, -0.25) is 4.98 Å². The van der Waals surface area contributed by atoms with Crippen molar-refractivity contribution in [2.45, 2.75) is 0 Å². The Balaban J connectivity index is 1.72. The minimum atomic E-state index is 1.04. The average molecular weight is 341 g/mol. The number of hydrogen-bond acceptors (Lipinski definition) is 1. The Labute approximate surface area is 151 Å². The van der Waals surface area contributed by atoms with Crippen molar-refractivity contribution in [3.8, 4) is 11.4 Å². The molecule has 0 unspecified atom stereocenters. The number of aromatic nitrogens is 5. The van der Waals surface area contributed by atoms with Crippen LogP contribution in [0, 0.1) is 0 Å². The number of imidazole rings is 2. The van der Waals surface area contributed by atoms with E-state index in [1.807, 2.05) is 12.4 Å². The number of nitrogens with zero attached hydrogens (tertiary/aromatic N) is 5. The highest BCUT2D eigenvalue weighted by molar-refractivity contribution is 5.75. The molecule has 0 aliphatic carbocycles.